The lowest BCUT2D eigenvalue weighted by Gasteiger charge is -2.37. The monoisotopic (exact) mass is 432 g/mol. The molecule has 4 nitrogen and oxygen atoms in total. The van der Waals surface area contributed by atoms with Crippen LogP contribution in [0.3, 0.4) is 0 Å². The highest BCUT2D eigenvalue weighted by molar-refractivity contribution is 8.15. The van der Waals surface area contributed by atoms with Crippen LogP contribution in [0.25, 0.3) is 0 Å². The lowest BCUT2D eigenvalue weighted by molar-refractivity contribution is -0.115. The molecule has 0 spiro atoms. The van der Waals surface area contributed by atoms with Gasteiger partial charge in [-0.05, 0) is 47.7 Å². The molecule has 0 aromatic heterocycles. The molecular formula is C21H18Cl2N2O2S. The lowest BCUT2D eigenvalue weighted by atomic mass is 9.83. The second kappa shape index (κ2) is 7.06. The summed E-state index contributed by atoms with van der Waals surface area (Å²) < 4.78 is 0. The third-order valence-corrected chi connectivity index (χ3v) is 7.09. The van der Waals surface area contributed by atoms with Gasteiger partial charge >= 0.3 is 0 Å². The molecule has 0 bridgehead atoms. The Balaban J connectivity index is 1.65. The number of benzene rings is 2. The normalized spacial score (nSPS) is 22.6. The number of anilines is 1. The van der Waals surface area contributed by atoms with Crippen molar-refractivity contribution in [3.05, 3.63) is 63.1 Å². The van der Waals surface area contributed by atoms with Crippen molar-refractivity contribution in [3.63, 3.8) is 0 Å². The zero-order valence-corrected chi connectivity index (χ0v) is 17.4. The van der Waals surface area contributed by atoms with E-state index < -0.39 is 0 Å². The number of halogens is 2. The first-order valence-corrected chi connectivity index (χ1v) is 11.1. The Bertz CT molecular complexity index is 976. The number of amides is 2. The van der Waals surface area contributed by atoms with Crippen molar-refractivity contribution >= 4 is 51.8 Å². The van der Waals surface area contributed by atoms with E-state index in [0.717, 1.165) is 41.5 Å². The number of para-hydroxylation sites is 1. The first kappa shape index (κ1) is 18.5. The standard InChI is InChI=1S/C21H18Cl2N2O2S/c22-12-7-15-16(9-24(13-5-6-13)10-17(15)18(23)8-12)14-3-1-2-4-19(14)25-20(26)11-28-21(25)27/h1-4,7-8,13,16H,5-6,9-11H2. The maximum Gasteiger partial charge on any atom is 0.293 e. The van der Waals surface area contributed by atoms with E-state index in [0.29, 0.717) is 21.8 Å². The Morgan fingerprint density at radius 2 is 1.82 bits per heavy atom. The number of rotatable bonds is 3. The van der Waals surface area contributed by atoms with Crippen LogP contribution in [-0.4, -0.2) is 34.4 Å². The molecule has 0 N–H and O–H groups in total. The van der Waals surface area contributed by atoms with Crippen LogP contribution in [0, 0.1) is 0 Å². The molecule has 2 aromatic rings. The van der Waals surface area contributed by atoms with Crippen LogP contribution in [0.5, 0.6) is 0 Å². The van der Waals surface area contributed by atoms with Crippen molar-refractivity contribution < 1.29 is 9.59 Å². The first-order valence-electron chi connectivity index (χ1n) is 9.33. The van der Waals surface area contributed by atoms with E-state index in [1.54, 1.807) is 6.07 Å². The summed E-state index contributed by atoms with van der Waals surface area (Å²) in [5.74, 6) is 0.0323. The van der Waals surface area contributed by atoms with Crippen molar-refractivity contribution in [1.29, 1.82) is 0 Å². The second-order valence-electron chi connectivity index (χ2n) is 7.51. The van der Waals surface area contributed by atoms with E-state index >= 15 is 0 Å². The van der Waals surface area contributed by atoms with E-state index in [-0.39, 0.29) is 22.8 Å². The molecule has 144 valence electrons. The maximum atomic E-state index is 12.4. The predicted molar refractivity (Wildman–Crippen MR) is 114 cm³/mol. The molecule has 0 radical (unpaired) electrons. The number of carbonyl (C=O) groups is 2. The van der Waals surface area contributed by atoms with Crippen LogP contribution in [0.1, 0.15) is 35.4 Å². The van der Waals surface area contributed by atoms with Gasteiger partial charge in [-0.25, -0.2) is 4.90 Å². The number of imide groups is 1. The fraction of sp³-hybridized carbons (Fsp3) is 0.333. The smallest absolute Gasteiger partial charge is 0.293 e. The Morgan fingerprint density at radius 3 is 2.54 bits per heavy atom. The van der Waals surface area contributed by atoms with Crippen LogP contribution in [0.15, 0.2) is 36.4 Å². The van der Waals surface area contributed by atoms with Crippen LogP contribution >= 0.6 is 35.0 Å². The number of thioether (sulfide) groups is 1. The van der Waals surface area contributed by atoms with Crippen molar-refractivity contribution in [2.75, 3.05) is 17.2 Å². The van der Waals surface area contributed by atoms with Crippen molar-refractivity contribution in [1.82, 2.24) is 4.90 Å². The Labute approximate surface area is 177 Å². The molecule has 3 aliphatic rings. The van der Waals surface area contributed by atoms with Gasteiger partial charge in [0.1, 0.15) is 0 Å². The number of hydrogen-bond acceptors (Lipinski definition) is 4. The largest absolute Gasteiger partial charge is 0.295 e. The van der Waals surface area contributed by atoms with Gasteiger partial charge in [-0.1, -0.05) is 53.2 Å². The minimum atomic E-state index is -0.211. The molecule has 2 aromatic carbocycles. The minimum absolute atomic E-state index is 0.00273. The van der Waals surface area contributed by atoms with E-state index in [2.05, 4.69) is 4.90 Å². The van der Waals surface area contributed by atoms with Gasteiger partial charge in [0, 0.05) is 35.1 Å². The van der Waals surface area contributed by atoms with Crippen LogP contribution in [0.4, 0.5) is 10.5 Å². The van der Waals surface area contributed by atoms with Gasteiger partial charge in [0.25, 0.3) is 5.24 Å². The maximum absolute atomic E-state index is 12.4. The highest BCUT2D eigenvalue weighted by Gasteiger charge is 2.39. The number of carbonyl (C=O) groups excluding carboxylic acids is 2. The Hall–Kier alpha value is -1.53. The number of fused-ring (bicyclic) bond motifs is 1. The van der Waals surface area contributed by atoms with Gasteiger partial charge in [0.15, 0.2) is 0 Å². The fourth-order valence-corrected chi connectivity index (χ4v) is 5.53. The van der Waals surface area contributed by atoms with Gasteiger partial charge in [0.2, 0.25) is 5.91 Å². The highest BCUT2D eigenvalue weighted by Crippen LogP contribution is 2.45. The summed E-state index contributed by atoms with van der Waals surface area (Å²) in [4.78, 5) is 28.5. The average Bonchev–Trinajstić information content (AvgIpc) is 3.47. The SMILES string of the molecule is O=C1CSC(=O)N1c1ccccc1C1CN(C2CC2)Cc2c(Cl)cc(Cl)cc21. The third kappa shape index (κ3) is 3.14. The summed E-state index contributed by atoms with van der Waals surface area (Å²) in [6, 6.07) is 12.1. The van der Waals surface area contributed by atoms with Crippen LogP contribution in [-0.2, 0) is 11.3 Å². The van der Waals surface area contributed by atoms with Gasteiger partial charge in [-0.15, -0.1) is 0 Å². The second-order valence-corrected chi connectivity index (χ2v) is 9.28. The lowest BCUT2D eigenvalue weighted by Crippen LogP contribution is -2.37. The number of nitrogens with zero attached hydrogens (tertiary/aromatic N) is 2. The Kier molecular flexibility index (Phi) is 4.67. The predicted octanol–water partition coefficient (Wildman–Crippen LogP) is 5.30. The summed E-state index contributed by atoms with van der Waals surface area (Å²) in [6.45, 7) is 1.64. The molecule has 1 unspecified atom stereocenters. The molecule has 2 amide bonds. The summed E-state index contributed by atoms with van der Waals surface area (Å²) in [6.07, 6.45) is 2.41. The molecule has 2 heterocycles. The van der Waals surface area contributed by atoms with E-state index in [1.807, 2.05) is 30.3 Å². The zero-order valence-electron chi connectivity index (χ0n) is 15.0. The fourth-order valence-electron chi connectivity index (χ4n) is 4.26. The van der Waals surface area contributed by atoms with Crippen LogP contribution < -0.4 is 4.90 Å². The zero-order chi connectivity index (χ0) is 19.4. The van der Waals surface area contributed by atoms with Gasteiger partial charge in [-0.3, -0.25) is 14.5 Å². The molecule has 28 heavy (non-hydrogen) atoms. The van der Waals surface area contributed by atoms with Crippen molar-refractivity contribution in [2.24, 2.45) is 0 Å². The van der Waals surface area contributed by atoms with Gasteiger partial charge < -0.3 is 0 Å². The summed E-state index contributed by atoms with van der Waals surface area (Å²) in [5, 5.41) is 1.07. The number of hydrogen-bond donors (Lipinski definition) is 0. The molecule has 1 saturated heterocycles. The van der Waals surface area contributed by atoms with E-state index in [1.165, 1.54) is 17.7 Å². The van der Waals surface area contributed by atoms with Crippen LogP contribution in [0.2, 0.25) is 10.0 Å². The van der Waals surface area contributed by atoms with Crippen molar-refractivity contribution in [3.8, 4) is 0 Å². The highest BCUT2D eigenvalue weighted by atomic mass is 35.5. The molecule has 1 aliphatic carbocycles. The summed E-state index contributed by atoms with van der Waals surface area (Å²) >= 11 is 14.0. The molecule has 2 fully saturated rings. The summed E-state index contributed by atoms with van der Waals surface area (Å²) in [5.41, 5.74) is 3.83. The van der Waals surface area contributed by atoms with Gasteiger partial charge in [0.05, 0.1) is 11.4 Å². The molecule has 7 heteroatoms. The topological polar surface area (TPSA) is 40.6 Å². The average molecular weight is 433 g/mol. The summed E-state index contributed by atoms with van der Waals surface area (Å²) in [7, 11) is 0. The molecule has 5 rings (SSSR count). The first-order chi connectivity index (χ1) is 13.5. The Morgan fingerprint density at radius 1 is 1.04 bits per heavy atom. The minimum Gasteiger partial charge on any atom is -0.295 e. The van der Waals surface area contributed by atoms with Gasteiger partial charge in [-0.2, -0.15) is 0 Å². The molecular weight excluding hydrogens is 415 g/mol. The quantitative estimate of drug-likeness (QED) is 0.659. The van der Waals surface area contributed by atoms with Crippen molar-refractivity contribution in [2.45, 2.75) is 31.3 Å². The molecule has 1 saturated carbocycles. The molecule has 1 atom stereocenters. The molecule has 2 aliphatic heterocycles. The van der Waals surface area contributed by atoms with E-state index in [4.69, 9.17) is 23.2 Å². The van der Waals surface area contributed by atoms with E-state index in [9.17, 15) is 9.59 Å². The third-order valence-electron chi connectivity index (χ3n) is 5.72.